The van der Waals surface area contributed by atoms with E-state index in [-0.39, 0.29) is 0 Å². The summed E-state index contributed by atoms with van der Waals surface area (Å²) in [7, 11) is 0. The van der Waals surface area contributed by atoms with Gasteiger partial charge in [-0.3, -0.25) is 4.98 Å². The van der Waals surface area contributed by atoms with Crippen molar-refractivity contribution in [1.82, 2.24) is 15.1 Å². The van der Waals surface area contributed by atoms with Crippen molar-refractivity contribution in [3.8, 4) is 11.6 Å². The standard InChI is InChI=1S/C15H14N4OS/c16-8-11-6-7-13(17-9-11)15-18-14(19-20-15)10-21-12-4-2-1-3-5-12/h1-7,9H,8,10,16H2. The Morgan fingerprint density at radius 2 is 1.95 bits per heavy atom. The zero-order chi connectivity index (χ0) is 14.5. The van der Waals surface area contributed by atoms with Gasteiger partial charge in [0.05, 0.1) is 5.75 Å². The molecule has 0 saturated heterocycles. The molecular formula is C15H14N4OS. The molecule has 0 aliphatic heterocycles. The first-order valence-electron chi connectivity index (χ1n) is 6.51. The number of hydrogen-bond acceptors (Lipinski definition) is 6. The van der Waals surface area contributed by atoms with Gasteiger partial charge in [0.15, 0.2) is 5.82 Å². The first kappa shape index (κ1) is 13.8. The van der Waals surface area contributed by atoms with Crippen LogP contribution in [0.2, 0.25) is 0 Å². The quantitative estimate of drug-likeness (QED) is 0.730. The minimum Gasteiger partial charge on any atom is -0.332 e. The Morgan fingerprint density at radius 1 is 1.10 bits per heavy atom. The van der Waals surface area contributed by atoms with E-state index in [0.29, 0.717) is 29.7 Å². The zero-order valence-corrected chi connectivity index (χ0v) is 12.1. The lowest BCUT2D eigenvalue weighted by molar-refractivity contribution is 0.424. The van der Waals surface area contributed by atoms with Crippen LogP contribution in [0.3, 0.4) is 0 Å². The summed E-state index contributed by atoms with van der Waals surface area (Å²) >= 11 is 1.67. The van der Waals surface area contributed by atoms with E-state index in [1.54, 1.807) is 18.0 Å². The van der Waals surface area contributed by atoms with Gasteiger partial charge in [-0.05, 0) is 23.8 Å². The number of pyridine rings is 1. The Labute approximate surface area is 126 Å². The molecule has 0 unspecified atom stereocenters. The number of nitrogens with zero attached hydrogens (tertiary/aromatic N) is 3. The Morgan fingerprint density at radius 3 is 2.67 bits per heavy atom. The molecule has 2 heterocycles. The number of aromatic nitrogens is 3. The van der Waals surface area contributed by atoms with Crippen molar-refractivity contribution in [1.29, 1.82) is 0 Å². The van der Waals surface area contributed by atoms with Crippen molar-refractivity contribution in [3.05, 3.63) is 60.0 Å². The second-order valence-electron chi connectivity index (χ2n) is 4.37. The van der Waals surface area contributed by atoms with Crippen LogP contribution in [0.5, 0.6) is 0 Å². The molecule has 5 nitrogen and oxygen atoms in total. The number of nitrogens with two attached hydrogens (primary N) is 1. The van der Waals surface area contributed by atoms with Gasteiger partial charge in [0.2, 0.25) is 0 Å². The Hall–Kier alpha value is -2.18. The number of hydrogen-bond donors (Lipinski definition) is 1. The normalized spacial score (nSPS) is 10.7. The topological polar surface area (TPSA) is 77.8 Å². The van der Waals surface area contributed by atoms with Crippen LogP contribution in [0.25, 0.3) is 11.6 Å². The maximum absolute atomic E-state index is 5.54. The van der Waals surface area contributed by atoms with Gasteiger partial charge in [-0.15, -0.1) is 11.8 Å². The number of benzene rings is 1. The second kappa shape index (κ2) is 6.51. The molecule has 1 aromatic carbocycles. The molecule has 3 rings (SSSR count). The lowest BCUT2D eigenvalue weighted by Crippen LogP contribution is -1.96. The van der Waals surface area contributed by atoms with Crippen molar-refractivity contribution in [2.45, 2.75) is 17.2 Å². The third kappa shape index (κ3) is 3.48. The Kier molecular flexibility index (Phi) is 4.28. The van der Waals surface area contributed by atoms with E-state index in [9.17, 15) is 0 Å². The fourth-order valence-electron chi connectivity index (χ4n) is 1.75. The summed E-state index contributed by atoms with van der Waals surface area (Å²) in [4.78, 5) is 9.80. The molecule has 0 spiro atoms. The van der Waals surface area contributed by atoms with Gasteiger partial charge < -0.3 is 10.3 Å². The first-order valence-corrected chi connectivity index (χ1v) is 7.49. The highest BCUT2D eigenvalue weighted by atomic mass is 32.2. The first-order chi connectivity index (χ1) is 10.3. The lowest BCUT2D eigenvalue weighted by atomic mass is 10.2. The van der Waals surface area contributed by atoms with Crippen molar-refractivity contribution in [2.24, 2.45) is 5.73 Å². The molecular weight excluding hydrogens is 284 g/mol. The predicted molar refractivity (Wildman–Crippen MR) is 81.4 cm³/mol. The van der Waals surface area contributed by atoms with Gasteiger partial charge in [0.1, 0.15) is 5.69 Å². The van der Waals surface area contributed by atoms with Crippen LogP contribution < -0.4 is 5.73 Å². The summed E-state index contributed by atoms with van der Waals surface area (Å²) < 4.78 is 5.24. The van der Waals surface area contributed by atoms with Crippen molar-refractivity contribution >= 4 is 11.8 Å². The third-order valence-electron chi connectivity index (χ3n) is 2.86. The van der Waals surface area contributed by atoms with Crippen LogP contribution >= 0.6 is 11.8 Å². The van der Waals surface area contributed by atoms with Crippen LogP contribution in [0.1, 0.15) is 11.4 Å². The number of thioether (sulfide) groups is 1. The van der Waals surface area contributed by atoms with E-state index in [1.165, 1.54) is 4.90 Å². The van der Waals surface area contributed by atoms with Crippen molar-refractivity contribution < 1.29 is 4.52 Å². The molecule has 0 fully saturated rings. The molecule has 0 saturated carbocycles. The summed E-state index contributed by atoms with van der Waals surface area (Å²) in [6, 6.07) is 13.9. The Balaban J connectivity index is 1.68. The van der Waals surface area contributed by atoms with Crippen molar-refractivity contribution in [2.75, 3.05) is 0 Å². The summed E-state index contributed by atoms with van der Waals surface area (Å²) in [6.07, 6.45) is 1.72. The predicted octanol–water partition coefficient (Wildman–Crippen LogP) is 2.88. The van der Waals surface area contributed by atoms with Gasteiger partial charge in [0.25, 0.3) is 5.89 Å². The highest BCUT2D eigenvalue weighted by molar-refractivity contribution is 7.98. The van der Waals surface area contributed by atoms with Gasteiger partial charge in [-0.25, -0.2) is 0 Å². The van der Waals surface area contributed by atoms with E-state index in [0.717, 1.165) is 5.56 Å². The number of rotatable bonds is 5. The van der Waals surface area contributed by atoms with Crippen LogP contribution in [0, 0.1) is 0 Å². The van der Waals surface area contributed by atoms with Gasteiger partial charge >= 0.3 is 0 Å². The SMILES string of the molecule is NCc1ccc(-c2nc(CSc3ccccc3)no2)nc1. The van der Waals surface area contributed by atoms with Crippen LogP contribution in [0.4, 0.5) is 0 Å². The molecule has 2 aromatic heterocycles. The van der Waals surface area contributed by atoms with Crippen LogP contribution in [0.15, 0.2) is 58.1 Å². The van der Waals surface area contributed by atoms with E-state index in [1.807, 2.05) is 30.3 Å². The molecule has 21 heavy (non-hydrogen) atoms. The van der Waals surface area contributed by atoms with Gasteiger partial charge in [-0.2, -0.15) is 4.98 Å². The summed E-state index contributed by atoms with van der Waals surface area (Å²) in [6.45, 7) is 0.468. The monoisotopic (exact) mass is 298 g/mol. The van der Waals surface area contributed by atoms with Crippen molar-refractivity contribution in [3.63, 3.8) is 0 Å². The molecule has 6 heteroatoms. The zero-order valence-electron chi connectivity index (χ0n) is 11.3. The van der Waals surface area contributed by atoms with E-state index < -0.39 is 0 Å². The highest BCUT2D eigenvalue weighted by Gasteiger charge is 2.10. The highest BCUT2D eigenvalue weighted by Crippen LogP contribution is 2.22. The largest absolute Gasteiger partial charge is 0.332 e. The average Bonchev–Trinajstić information content (AvgIpc) is 3.03. The third-order valence-corrected chi connectivity index (χ3v) is 3.87. The fourth-order valence-corrected chi connectivity index (χ4v) is 2.52. The molecule has 106 valence electrons. The fraction of sp³-hybridized carbons (Fsp3) is 0.133. The molecule has 3 aromatic rings. The smallest absolute Gasteiger partial charge is 0.276 e. The average molecular weight is 298 g/mol. The molecule has 2 N–H and O–H groups in total. The Bertz CT molecular complexity index is 697. The van der Waals surface area contributed by atoms with Gasteiger partial charge in [0, 0.05) is 17.6 Å². The minimum absolute atomic E-state index is 0.433. The maximum atomic E-state index is 5.54. The van der Waals surface area contributed by atoms with E-state index >= 15 is 0 Å². The van der Waals surface area contributed by atoms with Crippen LogP contribution in [-0.4, -0.2) is 15.1 Å². The molecule has 0 amide bonds. The van der Waals surface area contributed by atoms with E-state index in [2.05, 4.69) is 27.3 Å². The minimum atomic E-state index is 0.433. The maximum Gasteiger partial charge on any atom is 0.276 e. The molecule has 0 atom stereocenters. The second-order valence-corrected chi connectivity index (χ2v) is 5.42. The summed E-state index contributed by atoms with van der Waals surface area (Å²) in [5, 5.41) is 3.98. The van der Waals surface area contributed by atoms with Gasteiger partial charge in [-0.1, -0.05) is 29.4 Å². The van der Waals surface area contributed by atoms with E-state index in [4.69, 9.17) is 10.3 Å². The summed E-state index contributed by atoms with van der Waals surface area (Å²) in [5.41, 5.74) is 7.18. The lowest BCUT2D eigenvalue weighted by Gasteiger charge is -1.97. The van der Waals surface area contributed by atoms with Crippen LogP contribution in [-0.2, 0) is 12.3 Å². The molecule has 0 radical (unpaired) electrons. The molecule has 0 aliphatic carbocycles. The molecule has 0 aliphatic rings. The molecule has 0 bridgehead atoms. The summed E-state index contributed by atoms with van der Waals surface area (Å²) in [5.74, 6) is 1.75.